The molecule has 0 fully saturated rings. The van der Waals surface area contributed by atoms with Crippen LogP contribution in [-0.4, -0.2) is 35.8 Å². The van der Waals surface area contributed by atoms with Gasteiger partial charge >= 0.3 is 5.97 Å². The Morgan fingerprint density at radius 2 is 1.84 bits per heavy atom. The largest absolute Gasteiger partial charge is 0.479 e. The summed E-state index contributed by atoms with van der Waals surface area (Å²) in [6.07, 6.45) is -0.645. The van der Waals surface area contributed by atoms with Crippen molar-refractivity contribution in [2.24, 2.45) is 7.05 Å². The van der Waals surface area contributed by atoms with Crippen LogP contribution in [0.1, 0.15) is 6.92 Å². The number of para-hydroxylation sites is 2. The van der Waals surface area contributed by atoms with Gasteiger partial charge in [0.1, 0.15) is 5.75 Å². The van der Waals surface area contributed by atoms with Gasteiger partial charge in [-0.25, -0.2) is 9.78 Å². The zero-order valence-electron chi connectivity index (χ0n) is 14.8. The molecule has 1 atom stereocenters. The summed E-state index contributed by atoms with van der Waals surface area (Å²) in [6, 6.07) is 15.5. The van der Waals surface area contributed by atoms with E-state index in [4.69, 9.17) is 9.72 Å². The van der Waals surface area contributed by atoms with Gasteiger partial charge in [-0.2, -0.15) is 0 Å². The number of anilines is 2. The minimum atomic E-state index is -0.645. The fraction of sp³-hybridized carbons (Fsp3) is 0.263. The summed E-state index contributed by atoms with van der Waals surface area (Å²) in [4.78, 5) is 18.1. The summed E-state index contributed by atoms with van der Waals surface area (Å²) in [7, 11) is 5.31. The summed E-state index contributed by atoms with van der Waals surface area (Å²) in [5, 5.41) is 0. The minimum Gasteiger partial charge on any atom is -0.479 e. The number of esters is 1. The molecular formula is C19H21N3O3. The van der Waals surface area contributed by atoms with Crippen molar-refractivity contribution < 1.29 is 14.3 Å². The van der Waals surface area contributed by atoms with Crippen LogP contribution in [-0.2, 0) is 16.6 Å². The Labute approximate surface area is 146 Å². The monoisotopic (exact) mass is 339 g/mol. The number of aromatic nitrogens is 2. The van der Waals surface area contributed by atoms with E-state index in [0.717, 1.165) is 22.7 Å². The number of carbonyl (C=O) groups excluding carboxylic acids is 1. The van der Waals surface area contributed by atoms with Crippen LogP contribution in [0.25, 0.3) is 11.0 Å². The van der Waals surface area contributed by atoms with E-state index in [1.165, 1.54) is 7.11 Å². The van der Waals surface area contributed by atoms with Crippen molar-refractivity contribution in [1.29, 1.82) is 0 Å². The molecule has 1 unspecified atom stereocenters. The summed E-state index contributed by atoms with van der Waals surface area (Å²) in [5.74, 6) is 1.05. The van der Waals surface area contributed by atoms with Crippen molar-refractivity contribution in [2.45, 2.75) is 13.0 Å². The number of hydrogen-bond donors (Lipinski definition) is 0. The van der Waals surface area contributed by atoms with Gasteiger partial charge in [-0.1, -0.05) is 12.1 Å². The van der Waals surface area contributed by atoms with Gasteiger partial charge in [-0.3, -0.25) is 0 Å². The second-order valence-electron chi connectivity index (χ2n) is 5.80. The molecule has 0 bridgehead atoms. The molecule has 3 rings (SSSR count). The maximum Gasteiger partial charge on any atom is 0.346 e. The Bertz CT molecular complexity index is 887. The predicted octanol–water partition coefficient (Wildman–Crippen LogP) is 3.28. The van der Waals surface area contributed by atoms with E-state index in [2.05, 4.69) is 9.30 Å². The van der Waals surface area contributed by atoms with Crippen LogP contribution in [0.3, 0.4) is 0 Å². The molecule has 0 radical (unpaired) electrons. The molecule has 6 nitrogen and oxygen atoms in total. The van der Waals surface area contributed by atoms with Gasteiger partial charge < -0.3 is 18.9 Å². The second kappa shape index (κ2) is 6.84. The maximum absolute atomic E-state index is 11.4. The van der Waals surface area contributed by atoms with Crippen LogP contribution in [0.2, 0.25) is 0 Å². The standard InChI is InChI=1S/C19H21N3O3/c1-13(18(23)24-4)25-15-11-9-14(10-12-15)21(2)19-20-16-7-5-6-8-17(16)22(19)3/h5-13H,1-4H3. The number of rotatable bonds is 5. The van der Waals surface area contributed by atoms with Gasteiger partial charge in [-0.15, -0.1) is 0 Å². The second-order valence-corrected chi connectivity index (χ2v) is 5.80. The highest BCUT2D eigenvalue weighted by Crippen LogP contribution is 2.27. The lowest BCUT2D eigenvalue weighted by Gasteiger charge is -2.19. The Kier molecular flexibility index (Phi) is 4.61. The molecule has 0 N–H and O–H groups in total. The van der Waals surface area contributed by atoms with Crippen LogP contribution in [0.5, 0.6) is 5.75 Å². The molecule has 2 aromatic carbocycles. The molecule has 0 saturated heterocycles. The molecule has 0 spiro atoms. The molecule has 0 saturated carbocycles. The fourth-order valence-corrected chi connectivity index (χ4v) is 2.71. The molecule has 6 heteroatoms. The van der Waals surface area contributed by atoms with E-state index in [1.807, 2.05) is 67.5 Å². The Hall–Kier alpha value is -3.02. The van der Waals surface area contributed by atoms with Crippen molar-refractivity contribution in [2.75, 3.05) is 19.1 Å². The number of carbonyl (C=O) groups is 1. The quantitative estimate of drug-likeness (QED) is 0.668. The average Bonchev–Trinajstić information content (AvgIpc) is 2.98. The van der Waals surface area contributed by atoms with Gasteiger partial charge in [-0.05, 0) is 43.3 Å². The van der Waals surface area contributed by atoms with E-state index in [0.29, 0.717) is 5.75 Å². The third-order valence-electron chi connectivity index (χ3n) is 4.13. The SMILES string of the molecule is COC(=O)C(C)Oc1ccc(N(C)c2nc3ccccc3n2C)cc1. The minimum absolute atomic E-state index is 0.402. The van der Waals surface area contributed by atoms with Crippen LogP contribution >= 0.6 is 0 Å². The number of benzene rings is 2. The highest BCUT2D eigenvalue weighted by Gasteiger charge is 2.16. The topological polar surface area (TPSA) is 56.6 Å². The predicted molar refractivity (Wildman–Crippen MR) is 97.3 cm³/mol. The third-order valence-corrected chi connectivity index (χ3v) is 4.13. The number of hydrogen-bond acceptors (Lipinski definition) is 5. The lowest BCUT2D eigenvalue weighted by molar-refractivity contribution is -0.147. The van der Waals surface area contributed by atoms with Crippen LogP contribution in [0.15, 0.2) is 48.5 Å². The van der Waals surface area contributed by atoms with E-state index in [9.17, 15) is 4.79 Å². The molecule has 25 heavy (non-hydrogen) atoms. The van der Waals surface area contributed by atoms with E-state index in [1.54, 1.807) is 6.92 Å². The van der Waals surface area contributed by atoms with Gasteiger partial charge in [0.05, 0.1) is 18.1 Å². The number of nitrogens with zero attached hydrogens (tertiary/aromatic N) is 3. The fourth-order valence-electron chi connectivity index (χ4n) is 2.71. The van der Waals surface area contributed by atoms with Crippen molar-refractivity contribution in [3.8, 4) is 5.75 Å². The lowest BCUT2D eigenvalue weighted by atomic mass is 10.3. The summed E-state index contributed by atoms with van der Waals surface area (Å²) in [5.41, 5.74) is 3.01. The number of fused-ring (bicyclic) bond motifs is 1. The Morgan fingerprint density at radius 3 is 2.48 bits per heavy atom. The van der Waals surface area contributed by atoms with Gasteiger partial charge in [0, 0.05) is 19.8 Å². The van der Waals surface area contributed by atoms with Crippen molar-refractivity contribution in [3.63, 3.8) is 0 Å². The third kappa shape index (κ3) is 3.28. The number of aryl methyl sites for hydroxylation is 1. The van der Waals surface area contributed by atoms with E-state index < -0.39 is 12.1 Å². The molecule has 0 aliphatic rings. The van der Waals surface area contributed by atoms with Gasteiger partial charge in [0.25, 0.3) is 0 Å². The number of ether oxygens (including phenoxy) is 2. The van der Waals surface area contributed by atoms with Crippen LogP contribution in [0, 0.1) is 0 Å². The van der Waals surface area contributed by atoms with E-state index in [-0.39, 0.29) is 0 Å². The first-order chi connectivity index (χ1) is 12.0. The lowest BCUT2D eigenvalue weighted by Crippen LogP contribution is -2.24. The highest BCUT2D eigenvalue weighted by atomic mass is 16.6. The van der Waals surface area contributed by atoms with Crippen molar-refractivity contribution >= 4 is 28.6 Å². The Balaban J connectivity index is 1.81. The maximum atomic E-state index is 11.4. The van der Waals surface area contributed by atoms with Crippen LogP contribution in [0.4, 0.5) is 11.6 Å². The van der Waals surface area contributed by atoms with Crippen LogP contribution < -0.4 is 9.64 Å². The summed E-state index contributed by atoms with van der Waals surface area (Å²) >= 11 is 0. The summed E-state index contributed by atoms with van der Waals surface area (Å²) in [6.45, 7) is 1.66. The molecule has 1 heterocycles. The molecule has 130 valence electrons. The average molecular weight is 339 g/mol. The van der Waals surface area contributed by atoms with Crippen molar-refractivity contribution in [1.82, 2.24) is 9.55 Å². The zero-order valence-corrected chi connectivity index (χ0v) is 14.8. The number of methoxy groups -OCH3 is 1. The molecule has 0 amide bonds. The summed E-state index contributed by atoms with van der Waals surface area (Å²) < 4.78 is 12.3. The Morgan fingerprint density at radius 1 is 1.16 bits per heavy atom. The first-order valence-corrected chi connectivity index (χ1v) is 8.01. The highest BCUT2D eigenvalue weighted by molar-refractivity contribution is 5.80. The molecular weight excluding hydrogens is 318 g/mol. The van der Waals surface area contributed by atoms with Gasteiger partial charge in [0.15, 0.2) is 6.10 Å². The smallest absolute Gasteiger partial charge is 0.346 e. The molecule has 3 aromatic rings. The van der Waals surface area contributed by atoms with E-state index >= 15 is 0 Å². The van der Waals surface area contributed by atoms with Gasteiger partial charge in [0.2, 0.25) is 5.95 Å². The first kappa shape index (κ1) is 16.8. The first-order valence-electron chi connectivity index (χ1n) is 8.01. The normalized spacial score (nSPS) is 12.0. The molecule has 1 aromatic heterocycles. The zero-order chi connectivity index (χ0) is 18.0. The molecule has 0 aliphatic carbocycles. The number of imidazole rings is 1. The molecule has 0 aliphatic heterocycles. The van der Waals surface area contributed by atoms with Crippen molar-refractivity contribution in [3.05, 3.63) is 48.5 Å².